The summed E-state index contributed by atoms with van der Waals surface area (Å²) in [7, 11) is 0. The van der Waals surface area contributed by atoms with Crippen LogP contribution in [0.1, 0.15) is 12.5 Å². The number of hydrogen-bond donors (Lipinski definition) is 0. The Labute approximate surface area is 105 Å². The summed E-state index contributed by atoms with van der Waals surface area (Å²) in [5.41, 5.74) is -2.25. The smallest absolute Gasteiger partial charge is 0.417 e. The van der Waals surface area contributed by atoms with E-state index < -0.39 is 34.9 Å². The molecule has 0 bridgehead atoms. The maximum Gasteiger partial charge on any atom is 0.417 e. The average Bonchev–Trinajstić information content (AvgIpc) is 2.23. The highest BCUT2D eigenvalue weighted by Crippen LogP contribution is 2.34. The molecule has 0 radical (unpaired) electrons. The third-order valence-corrected chi connectivity index (χ3v) is 2.03. The highest BCUT2D eigenvalue weighted by molar-refractivity contribution is 5.92. The topological polar surface area (TPSA) is 26.3 Å². The molecular formula is C12H9F5O2. The number of halogens is 5. The molecule has 1 rings (SSSR count). The van der Waals surface area contributed by atoms with Gasteiger partial charge in [0.2, 0.25) is 0 Å². The first-order valence-electron chi connectivity index (χ1n) is 5.16. The Bertz CT molecular complexity index is 485. The number of esters is 1. The van der Waals surface area contributed by atoms with Crippen molar-refractivity contribution in [3.63, 3.8) is 0 Å². The van der Waals surface area contributed by atoms with Crippen LogP contribution in [0.15, 0.2) is 24.3 Å². The molecule has 1 aromatic carbocycles. The van der Waals surface area contributed by atoms with Crippen LogP contribution in [0, 0.1) is 11.6 Å². The van der Waals surface area contributed by atoms with Crippen LogP contribution in [-0.2, 0) is 9.53 Å². The van der Waals surface area contributed by atoms with Crippen molar-refractivity contribution < 1.29 is 31.5 Å². The van der Waals surface area contributed by atoms with E-state index >= 15 is 0 Å². The summed E-state index contributed by atoms with van der Waals surface area (Å²) in [5, 5.41) is 0. The molecule has 0 heterocycles. The van der Waals surface area contributed by atoms with Crippen molar-refractivity contribution in [1.82, 2.24) is 0 Å². The number of ether oxygens (including phenoxy) is 1. The van der Waals surface area contributed by atoms with Gasteiger partial charge in [0.05, 0.1) is 12.2 Å². The second-order valence-corrected chi connectivity index (χ2v) is 3.47. The molecule has 0 aliphatic heterocycles. The fraction of sp³-hybridized carbons (Fsp3) is 0.250. The van der Waals surface area contributed by atoms with E-state index in [1.54, 1.807) is 0 Å². The first-order valence-corrected chi connectivity index (χ1v) is 5.16. The van der Waals surface area contributed by atoms with Gasteiger partial charge >= 0.3 is 12.1 Å². The molecular weight excluding hydrogens is 271 g/mol. The maximum atomic E-state index is 12.9. The largest absolute Gasteiger partial charge is 0.463 e. The predicted molar refractivity (Wildman–Crippen MR) is 57.0 cm³/mol. The monoisotopic (exact) mass is 280 g/mol. The van der Waals surface area contributed by atoms with E-state index in [-0.39, 0.29) is 12.7 Å². The maximum absolute atomic E-state index is 12.9. The molecule has 0 saturated carbocycles. The van der Waals surface area contributed by atoms with Crippen LogP contribution in [0.2, 0.25) is 0 Å². The molecule has 0 unspecified atom stereocenters. The normalized spacial score (nSPS) is 12.4. The average molecular weight is 280 g/mol. The molecule has 104 valence electrons. The molecule has 0 amide bonds. The van der Waals surface area contributed by atoms with Gasteiger partial charge < -0.3 is 4.74 Å². The third-order valence-electron chi connectivity index (χ3n) is 2.03. The second kappa shape index (κ2) is 5.81. The van der Waals surface area contributed by atoms with Crippen molar-refractivity contribution in [3.05, 3.63) is 41.5 Å². The van der Waals surface area contributed by atoms with Crippen LogP contribution in [0.4, 0.5) is 22.0 Å². The van der Waals surface area contributed by atoms with Crippen molar-refractivity contribution in [2.24, 2.45) is 0 Å². The Morgan fingerprint density at radius 1 is 1.21 bits per heavy atom. The van der Waals surface area contributed by atoms with E-state index in [1.165, 1.54) is 6.92 Å². The van der Waals surface area contributed by atoms with Crippen LogP contribution in [-0.4, -0.2) is 18.8 Å². The van der Waals surface area contributed by atoms with Gasteiger partial charge in [-0.3, -0.25) is 0 Å². The van der Waals surface area contributed by atoms with E-state index in [0.29, 0.717) is 18.2 Å². The lowest BCUT2D eigenvalue weighted by molar-refractivity contribution is -0.137. The molecule has 0 saturated heterocycles. The molecule has 0 fully saturated rings. The SMILES string of the molecule is CCOC(=O)/C=C(\c1cc(F)cc(F)c1)C(F)(F)F. The quantitative estimate of drug-likeness (QED) is 0.481. The van der Waals surface area contributed by atoms with E-state index in [9.17, 15) is 26.7 Å². The Morgan fingerprint density at radius 3 is 2.16 bits per heavy atom. The summed E-state index contributed by atoms with van der Waals surface area (Å²) in [6.07, 6.45) is -4.77. The van der Waals surface area contributed by atoms with Crippen molar-refractivity contribution in [3.8, 4) is 0 Å². The zero-order chi connectivity index (χ0) is 14.6. The van der Waals surface area contributed by atoms with E-state index in [4.69, 9.17) is 0 Å². The molecule has 2 nitrogen and oxygen atoms in total. The first kappa shape index (κ1) is 15.1. The number of benzene rings is 1. The summed E-state index contributed by atoms with van der Waals surface area (Å²) >= 11 is 0. The zero-order valence-corrected chi connectivity index (χ0v) is 9.72. The van der Waals surface area contributed by atoms with Gasteiger partial charge in [-0.05, 0) is 24.6 Å². The minimum atomic E-state index is -4.94. The second-order valence-electron chi connectivity index (χ2n) is 3.47. The number of hydrogen-bond acceptors (Lipinski definition) is 2. The lowest BCUT2D eigenvalue weighted by atomic mass is 10.0. The molecule has 0 N–H and O–H groups in total. The molecule has 0 aromatic heterocycles. The summed E-state index contributed by atoms with van der Waals surface area (Å²) in [6.45, 7) is 1.30. The number of allylic oxidation sites excluding steroid dienone is 1. The van der Waals surface area contributed by atoms with E-state index in [0.717, 1.165) is 0 Å². The van der Waals surface area contributed by atoms with E-state index in [1.807, 2.05) is 0 Å². The molecule has 1 aromatic rings. The minimum absolute atomic E-state index is 0.113. The molecule has 0 aliphatic carbocycles. The summed E-state index contributed by atoms with van der Waals surface area (Å²) < 4.78 is 68.4. The molecule has 7 heteroatoms. The van der Waals surface area contributed by atoms with E-state index in [2.05, 4.69) is 4.74 Å². The van der Waals surface area contributed by atoms with Crippen LogP contribution < -0.4 is 0 Å². The van der Waals surface area contributed by atoms with Gasteiger partial charge in [-0.25, -0.2) is 13.6 Å². The number of carbonyl (C=O) groups is 1. The lowest BCUT2D eigenvalue weighted by Gasteiger charge is -2.12. The first-order chi connectivity index (χ1) is 8.74. The summed E-state index contributed by atoms with van der Waals surface area (Å²) in [5.74, 6) is -3.58. The highest BCUT2D eigenvalue weighted by atomic mass is 19.4. The van der Waals surface area contributed by atoms with Gasteiger partial charge in [0.25, 0.3) is 0 Å². The van der Waals surface area contributed by atoms with Gasteiger partial charge in [-0.15, -0.1) is 0 Å². The van der Waals surface area contributed by atoms with Crippen LogP contribution in [0.5, 0.6) is 0 Å². The number of carbonyl (C=O) groups excluding carboxylic acids is 1. The minimum Gasteiger partial charge on any atom is -0.463 e. The predicted octanol–water partition coefficient (Wildman–Crippen LogP) is 3.47. The van der Waals surface area contributed by atoms with Crippen molar-refractivity contribution in [2.45, 2.75) is 13.1 Å². The molecule has 0 aliphatic rings. The van der Waals surface area contributed by atoms with Crippen LogP contribution in [0.25, 0.3) is 5.57 Å². The number of rotatable bonds is 3. The Morgan fingerprint density at radius 2 is 1.74 bits per heavy atom. The summed E-state index contributed by atoms with van der Waals surface area (Å²) in [4.78, 5) is 11.1. The highest BCUT2D eigenvalue weighted by Gasteiger charge is 2.36. The Hall–Kier alpha value is -1.92. The molecule has 0 atom stereocenters. The molecule has 19 heavy (non-hydrogen) atoms. The van der Waals surface area contributed by atoms with Crippen LogP contribution >= 0.6 is 0 Å². The molecule has 0 spiro atoms. The zero-order valence-electron chi connectivity index (χ0n) is 9.72. The van der Waals surface area contributed by atoms with Crippen molar-refractivity contribution >= 4 is 11.5 Å². The van der Waals surface area contributed by atoms with Gasteiger partial charge in [-0.1, -0.05) is 0 Å². The third kappa shape index (κ3) is 4.35. The Kier molecular flexibility index (Phi) is 4.63. The summed E-state index contributed by atoms with van der Waals surface area (Å²) in [6, 6.07) is 1.41. The van der Waals surface area contributed by atoms with Gasteiger partial charge in [-0.2, -0.15) is 13.2 Å². The van der Waals surface area contributed by atoms with Crippen LogP contribution in [0.3, 0.4) is 0 Å². The van der Waals surface area contributed by atoms with Crippen molar-refractivity contribution in [2.75, 3.05) is 6.61 Å². The van der Waals surface area contributed by atoms with Gasteiger partial charge in [0.1, 0.15) is 11.6 Å². The fourth-order valence-corrected chi connectivity index (χ4v) is 1.34. The lowest BCUT2D eigenvalue weighted by Crippen LogP contribution is -2.14. The fourth-order valence-electron chi connectivity index (χ4n) is 1.34. The van der Waals surface area contributed by atoms with Gasteiger partial charge in [0.15, 0.2) is 0 Å². The number of alkyl halides is 3. The Balaban J connectivity index is 3.29. The van der Waals surface area contributed by atoms with Crippen molar-refractivity contribution in [1.29, 1.82) is 0 Å². The van der Waals surface area contributed by atoms with Gasteiger partial charge in [0, 0.05) is 12.1 Å². The standard InChI is InChI=1S/C12H9F5O2/c1-2-19-11(18)6-10(12(15,16)17)7-3-8(13)5-9(14)4-7/h3-6H,2H2,1H3/b10-6+.